The summed E-state index contributed by atoms with van der Waals surface area (Å²) in [5.74, 6) is -0.0900. The Labute approximate surface area is 129 Å². The summed E-state index contributed by atoms with van der Waals surface area (Å²) in [4.78, 5) is 28.7. The van der Waals surface area contributed by atoms with Gasteiger partial charge in [-0.25, -0.2) is 0 Å². The van der Waals surface area contributed by atoms with Crippen LogP contribution >= 0.6 is 0 Å². The van der Waals surface area contributed by atoms with Gasteiger partial charge >= 0.3 is 0 Å². The van der Waals surface area contributed by atoms with Crippen molar-refractivity contribution >= 4 is 17.5 Å². The van der Waals surface area contributed by atoms with Gasteiger partial charge in [0.15, 0.2) is 0 Å². The van der Waals surface area contributed by atoms with Crippen molar-refractivity contribution < 1.29 is 9.59 Å². The third kappa shape index (κ3) is 1.58. The van der Waals surface area contributed by atoms with E-state index in [0.717, 1.165) is 16.8 Å². The zero-order valence-corrected chi connectivity index (χ0v) is 12.5. The molecule has 2 atom stereocenters. The summed E-state index contributed by atoms with van der Waals surface area (Å²) in [7, 11) is 0. The van der Waals surface area contributed by atoms with E-state index in [1.807, 2.05) is 55.5 Å². The summed E-state index contributed by atoms with van der Waals surface area (Å²) in [6.45, 7) is 3.81. The summed E-state index contributed by atoms with van der Waals surface area (Å²) in [6, 6.07) is 15.0. The molecular formula is C18H16N2O2. The molecule has 2 aliphatic rings. The van der Waals surface area contributed by atoms with E-state index in [1.165, 1.54) is 0 Å². The third-order valence-corrected chi connectivity index (χ3v) is 4.54. The van der Waals surface area contributed by atoms with Crippen molar-refractivity contribution in [3.8, 4) is 0 Å². The van der Waals surface area contributed by atoms with Crippen molar-refractivity contribution in [1.82, 2.24) is 4.90 Å². The second-order valence-electron chi connectivity index (χ2n) is 5.89. The quantitative estimate of drug-likeness (QED) is 0.811. The molecule has 4 nitrogen and oxygen atoms in total. The van der Waals surface area contributed by atoms with E-state index in [-0.39, 0.29) is 18.0 Å². The van der Waals surface area contributed by atoms with E-state index >= 15 is 0 Å². The van der Waals surface area contributed by atoms with Crippen LogP contribution in [-0.2, 0) is 4.79 Å². The van der Waals surface area contributed by atoms with E-state index < -0.39 is 6.04 Å². The fourth-order valence-corrected chi connectivity index (χ4v) is 3.38. The second kappa shape index (κ2) is 4.44. The van der Waals surface area contributed by atoms with Crippen LogP contribution < -0.4 is 4.90 Å². The van der Waals surface area contributed by atoms with Crippen molar-refractivity contribution in [1.29, 1.82) is 0 Å². The molecule has 4 rings (SSSR count). The molecule has 0 spiro atoms. The lowest BCUT2D eigenvalue weighted by Gasteiger charge is -2.25. The molecule has 4 heteroatoms. The van der Waals surface area contributed by atoms with Crippen LogP contribution in [0.25, 0.3) is 0 Å². The van der Waals surface area contributed by atoms with Crippen LogP contribution in [0, 0.1) is 6.92 Å². The molecule has 1 saturated heterocycles. The molecule has 0 radical (unpaired) electrons. The Hall–Kier alpha value is -2.62. The first-order valence-electron chi connectivity index (χ1n) is 7.41. The number of rotatable bonds is 1. The van der Waals surface area contributed by atoms with E-state index in [1.54, 1.807) is 16.7 Å². The number of carbonyl (C=O) groups is 2. The number of aryl methyl sites for hydroxylation is 1. The second-order valence-corrected chi connectivity index (χ2v) is 5.89. The van der Waals surface area contributed by atoms with Gasteiger partial charge in [-0.05, 0) is 32.0 Å². The first kappa shape index (κ1) is 13.1. The van der Waals surface area contributed by atoms with Crippen LogP contribution in [0.2, 0.25) is 0 Å². The molecule has 0 aliphatic carbocycles. The lowest BCUT2D eigenvalue weighted by molar-refractivity contribution is -0.119. The molecular weight excluding hydrogens is 276 g/mol. The number of hydrogen-bond acceptors (Lipinski definition) is 2. The molecule has 2 amide bonds. The Balaban J connectivity index is 1.88. The number of anilines is 1. The zero-order chi connectivity index (χ0) is 15.4. The summed E-state index contributed by atoms with van der Waals surface area (Å²) >= 11 is 0. The van der Waals surface area contributed by atoms with Crippen LogP contribution in [0.5, 0.6) is 0 Å². The minimum Gasteiger partial charge on any atom is -0.302 e. The number of hydrogen-bond donors (Lipinski definition) is 0. The molecule has 0 unspecified atom stereocenters. The van der Waals surface area contributed by atoms with Gasteiger partial charge in [-0.1, -0.05) is 35.9 Å². The molecule has 22 heavy (non-hydrogen) atoms. The Bertz CT molecular complexity index is 782. The number of amides is 2. The highest BCUT2D eigenvalue weighted by molar-refractivity contribution is 6.10. The molecule has 2 aromatic rings. The van der Waals surface area contributed by atoms with Crippen molar-refractivity contribution in [2.45, 2.75) is 26.1 Å². The van der Waals surface area contributed by atoms with Crippen molar-refractivity contribution in [2.24, 2.45) is 0 Å². The molecule has 0 aromatic heterocycles. The van der Waals surface area contributed by atoms with Crippen molar-refractivity contribution in [2.75, 3.05) is 4.90 Å². The molecule has 2 aliphatic heterocycles. The predicted octanol–water partition coefficient (Wildman–Crippen LogP) is 2.88. The topological polar surface area (TPSA) is 40.6 Å². The van der Waals surface area contributed by atoms with Gasteiger partial charge in [0.05, 0.1) is 0 Å². The normalized spacial score (nSPS) is 23.0. The van der Waals surface area contributed by atoms with Crippen LogP contribution in [0.15, 0.2) is 48.5 Å². The monoisotopic (exact) mass is 292 g/mol. The first-order valence-corrected chi connectivity index (χ1v) is 7.41. The minimum atomic E-state index is -0.439. The average Bonchev–Trinajstić information content (AvgIpc) is 2.96. The summed E-state index contributed by atoms with van der Waals surface area (Å²) in [5.41, 5.74) is 3.58. The average molecular weight is 292 g/mol. The SMILES string of the molecule is Cc1ccc(N2C(=O)[C@H](C)N3C(=O)c4ccccc4[C@@H]23)cc1. The van der Waals surface area contributed by atoms with Crippen molar-refractivity contribution in [3.05, 3.63) is 65.2 Å². The Kier molecular flexibility index (Phi) is 2.64. The fourth-order valence-electron chi connectivity index (χ4n) is 3.38. The first-order chi connectivity index (χ1) is 10.6. The standard InChI is InChI=1S/C18H16N2O2/c1-11-7-9-13(10-8-11)20-16-14-5-3-4-6-15(14)18(22)19(16)12(2)17(20)21/h3-10,12,16H,1-2H3/t12-,16+/m0/s1. The van der Waals surface area contributed by atoms with E-state index in [9.17, 15) is 9.59 Å². The highest BCUT2D eigenvalue weighted by Gasteiger charge is 2.52. The fraction of sp³-hybridized carbons (Fsp3) is 0.222. The van der Waals surface area contributed by atoms with Gasteiger partial charge < -0.3 is 4.90 Å². The lowest BCUT2D eigenvalue weighted by Crippen LogP contribution is -2.33. The molecule has 2 heterocycles. The van der Waals surface area contributed by atoms with Crippen LogP contribution in [0.4, 0.5) is 5.69 Å². The maximum atomic E-state index is 12.7. The molecule has 2 aromatic carbocycles. The smallest absolute Gasteiger partial charge is 0.256 e. The molecule has 0 saturated carbocycles. The van der Waals surface area contributed by atoms with Gasteiger partial charge in [0.2, 0.25) is 0 Å². The molecule has 110 valence electrons. The largest absolute Gasteiger partial charge is 0.302 e. The van der Waals surface area contributed by atoms with Gasteiger partial charge in [0, 0.05) is 16.8 Å². The van der Waals surface area contributed by atoms with E-state index in [4.69, 9.17) is 0 Å². The van der Waals surface area contributed by atoms with Crippen molar-refractivity contribution in [3.63, 3.8) is 0 Å². The lowest BCUT2D eigenvalue weighted by atomic mass is 10.1. The van der Waals surface area contributed by atoms with Gasteiger partial charge in [-0.15, -0.1) is 0 Å². The van der Waals surface area contributed by atoms with Crippen LogP contribution in [0.1, 0.15) is 34.6 Å². The summed E-state index contributed by atoms with van der Waals surface area (Å²) in [5, 5.41) is 0. The zero-order valence-electron chi connectivity index (χ0n) is 12.5. The number of fused-ring (bicyclic) bond motifs is 3. The molecule has 0 N–H and O–H groups in total. The van der Waals surface area contributed by atoms with E-state index in [2.05, 4.69) is 0 Å². The number of carbonyl (C=O) groups excluding carboxylic acids is 2. The Morgan fingerprint density at radius 3 is 2.36 bits per heavy atom. The Morgan fingerprint density at radius 2 is 1.64 bits per heavy atom. The number of nitrogens with zero attached hydrogens (tertiary/aromatic N) is 2. The summed E-state index contributed by atoms with van der Waals surface area (Å²) < 4.78 is 0. The van der Waals surface area contributed by atoms with Crippen LogP contribution in [0.3, 0.4) is 0 Å². The van der Waals surface area contributed by atoms with Gasteiger partial charge in [0.25, 0.3) is 11.8 Å². The highest BCUT2D eigenvalue weighted by Crippen LogP contribution is 2.44. The third-order valence-electron chi connectivity index (χ3n) is 4.54. The molecule has 1 fully saturated rings. The highest BCUT2D eigenvalue weighted by atomic mass is 16.2. The van der Waals surface area contributed by atoms with Gasteiger partial charge in [0.1, 0.15) is 12.2 Å². The van der Waals surface area contributed by atoms with Crippen LogP contribution in [-0.4, -0.2) is 22.8 Å². The predicted molar refractivity (Wildman–Crippen MR) is 83.5 cm³/mol. The maximum Gasteiger partial charge on any atom is 0.256 e. The maximum absolute atomic E-state index is 12.7. The van der Waals surface area contributed by atoms with E-state index in [0.29, 0.717) is 5.56 Å². The summed E-state index contributed by atoms with van der Waals surface area (Å²) in [6.07, 6.45) is -0.325. The molecule has 0 bridgehead atoms. The Morgan fingerprint density at radius 1 is 0.955 bits per heavy atom. The van der Waals surface area contributed by atoms with Gasteiger partial charge in [-0.3, -0.25) is 14.5 Å². The van der Waals surface area contributed by atoms with Gasteiger partial charge in [-0.2, -0.15) is 0 Å². The minimum absolute atomic E-state index is 0.0308. The number of benzene rings is 2.